The standard InChI is InChI=1S/C20H32N4O2S/c1-10(2)17(18(25)23-19(21)26)27-20-22-11(3)12(4)24(20)13(5)16-9-14-6-7-15(16)8-14/h10,13-17H,6-9H2,1-5H3,(H3,21,23,25,26). The number of aromatic nitrogens is 2. The molecule has 0 spiro atoms. The van der Waals surface area contributed by atoms with Gasteiger partial charge in [-0.25, -0.2) is 9.78 Å². The minimum atomic E-state index is -0.808. The summed E-state index contributed by atoms with van der Waals surface area (Å²) in [5.41, 5.74) is 7.32. The third kappa shape index (κ3) is 4.03. The van der Waals surface area contributed by atoms with Crippen LogP contribution in [0.3, 0.4) is 0 Å². The molecule has 3 amide bonds. The number of nitrogens with one attached hydrogen (secondary N) is 1. The van der Waals surface area contributed by atoms with E-state index in [0.29, 0.717) is 12.0 Å². The van der Waals surface area contributed by atoms with Crippen molar-refractivity contribution >= 4 is 23.7 Å². The van der Waals surface area contributed by atoms with Gasteiger partial charge in [0, 0.05) is 11.7 Å². The van der Waals surface area contributed by atoms with Crippen LogP contribution in [0, 0.1) is 37.5 Å². The second-order valence-corrected chi connectivity index (χ2v) is 9.76. The smallest absolute Gasteiger partial charge is 0.318 e. The number of thioether (sulfide) groups is 1. The zero-order valence-corrected chi connectivity index (χ0v) is 17.8. The molecule has 0 aliphatic heterocycles. The molecule has 2 fully saturated rings. The van der Waals surface area contributed by atoms with Crippen LogP contribution in [0.15, 0.2) is 5.16 Å². The van der Waals surface area contributed by atoms with E-state index in [9.17, 15) is 9.59 Å². The van der Waals surface area contributed by atoms with Crippen LogP contribution in [0.5, 0.6) is 0 Å². The van der Waals surface area contributed by atoms with Crippen LogP contribution >= 0.6 is 11.8 Å². The van der Waals surface area contributed by atoms with E-state index in [1.165, 1.54) is 43.1 Å². The normalized spacial score (nSPS) is 26.4. The molecular formula is C20H32N4O2S. The topological polar surface area (TPSA) is 90.0 Å². The summed E-state index contributed by atoms with van der Waals surface area (Å²) in [6, 6.07) is -0.437. The Bertz CT molecular complexity index is 730. The Balaban J connectivity index is 1.86. The van der Waals surface area contributed by atoms with E-state index in [1.807, 2.05) is 20.8 Å². The Morgan fingerprint density at radius 2 is 1.93 bits per heavy atom. The third-order valence-electron chi connectivity index (χ3n) is 6.52. The molecule has 7 heteroatoms. The molecule has 0 aromatic carbocycles. The van der Waals surface area contributed by atoms with Gasteiger partial charge in [-0.2, -0.15) is 0 Å². The average Bonchev–Trinajstić information content (AvgIpc) is 3.27. The molecule has 6 nitrogen and oxygen atoms in total. The predicted molar refractivity (Wildman–Crippen MR) is 108 cm³/mol. The summed E-state index contributed by atoms with van der Waals surface area (Å²) in [5, 5.41) is 2.70. The van der Waals surface area contributed by atoms with E-state index in [2.05, 4.69) is 23.7 Å². The Morgan fingerprint density at radius 1 is 1.22 bits per heavy atom. The van der Waals surface area contributed by atoms with Gasteiger partial charge in [-0.3, -0.25) is 10.1 Å². The van der Waals surface area contributed by atoms with Crippen LogP contribution in [-0.4, -0.2) is 26.7 Å². The van der Waals surface area contributed by atoms with E-state index in [0.717, 1.165) is 22.7 Å². The number of rotatable bonds is 6. The van der Waals surface area contributed by atoms with Crippen molar-refractivity contribution in [2.75, 3.05) is 0 Å². The van der Waals surface area contributed by atoms with E-state index < -0.39 is 11.3 Å². The minimum Gasteiger partial charge on any atom is -0.351 e. The molecule has 2 aliphatic carbocycles. The summed E-state index contributed by atoms with van der Waals surface area (Å²) >= 11 is 1.45. The fourth-order valence-corrected chi connectivity index (χ4v) is 6.31. The largest absolute Gasteiger partial charge is 0.351 e. The number of imide groups is 1. The van der Waals surface area contributed by atoms with Crippen LogP contribution in [0.2, 0.25) is 0 Å². The van der Waals surface area contributed by atoms with Gasteiger partial charge in [0.2, 0.25) is 5.91 Å². The monoisotopic (exact) mass is 392 g/mol. The number of carbonyl (C=O) groups excluding carboxylic acids is 2. The van der Waals surface area contributed by atoms with Crippen molar-refractivity contribution in [1.82, 2.24) is 14.9 Å². The van der Waals surface area contributed by atoms with Crippen LogP contribution in [0.4, 0.5) is 4.79 Å². The van der Waals surface area contributed by atoms with Crippen LogP contribution < -0.4 is 11.1 Å². The number of nitrogens with two attached hydrogens (primary N) is 1. The number of hydrogen-bond acceptors (Lipinski definition) is 4. The molecule has 5 atom stereocenters. The lowest BCUT2D eigenvalue weighted by atomic mass is 9.84. The van der Waals surface area contributed by atoms with Crippen molar-refractivity contribution in [3.8, 4) is 0 Å². The highest BCUT2D eigenvalue weighted by Crippen LogP contribution is 2.52. The summed E-state index contributed by atoms with van der Waals surface area (Å²) in [5.74, 6) is 2.11. The van der Waals surface area contributed by atoms with Crippen molar-refractivity contribution in [3.63, 3.8) is 0 Å². The fraction of sp³-hybridized carbons (Fsp3) is 0.750. The molecular weight excluding hydrogens is 360 g/mol. The molecule has 0 radical (unpaired) electrons. The molecule has 27 heavy (non-hydrogen) atoms. The number of imidazole rings is 1. The van der Waals surface area contributed by atoms with E-state index in [4.69, 9.17) is 10.7 Å². The number of aryl methyl sites for hydroxylation is 1. The molecule has 2 saturated carbocycles. The highest BCUT2D eigenvalue weighted by atomic mass is 32.2. The van der Waals surface area contributed by atoms with Gasteiger partial charge in [0.05, 0.1) is 10.9 Å². The summed E-state index contributed by atoms with van der Waals surface area (Å²) < 4.78 is 2.33. The van der Waals surface area contributed by atoms with E-state index >= 15 is 0 Å². The van der Waals surface area contributed by atoms with Gasteiger partial charge in [-0.1, -0.05) is 32.0 Å². The van der Waals surface area contributed by atoms with Crippen LogP contribution in [-0.2, 0) is 4.79 Å². The van der Waals surface area contributed by atoms with Gasteiger partial charge in [0.15, 0.2) is 5.16 Å². The minimum absolute atomic E-state index is 0.0536. The number of amides is 3. The fourth-order valence-electron chi connectivity index (χ4n) is 5.03. The van der Waals surface area contributed by atoms with Crippen LogP contribution in [0.25, 0.3) is 0 Å². The molecule has 5 unspecified atom stereocenters. The average molecular weight is 393 g/mol. The molecule has 0 saturated heterocycles. The first-order chi connectivity index (χ1) is 12.7. The van der Waals surface area contributed by atoms with Gasteiger partial charge in [0.1, 0.15) is 0 Å². The maximum Gasteiger partial charge on any atom is 0.318 e. The number of carbonyl (C=O) groups is 2. The Hall–Kier alpha value is -1.50. The first-order valence-electron chi connectivity index (χ1n) is 10.0. The molecule has 2 aliphatic rings. The highest BCUT2D eigenvalue weighted by molar-refractivity contribution is 8.00. The van der Waals surface area contributed by atoms with Gasteiger partial charge >= 0.3 is 6.03 Å². The molecule has 2 bridgehead atoms. The van der Waals surface area contributed by atoms with Crippen molar-refractivity contribution < 1.29 is 9.59 Å². The Labute approximate surface area is 166 Å². The molecule has 150 valence electrons. The van der Waals surface area contributed by atoms with Crippen molar-refractivity contribution in [2.45, 2.75) is 76.8 Å². The molecule has 3 N–H and O–H groups in total. The summed E-state index contributed by atoms with van der Waals surface area (Å²) in [6.07, 6.45) is 5.42. The quantitative estimate of drug-likeness (QED) is 0.720. The van der Waals surface area contributed by atoms with Gasteiger partial charge < -0.3 is 10.3 Å². The summed E-state index contributed by atoms with van der Waals surface area (Å²) in [4.78, 5) is 28.4. The van der Waals surface area contributed by atoms with Crippen molar-refractivity contribution in [3.05, 3.63) is 11.4 Å². The Kier molecular flexibility index (Phi) is 5.89. The maximum absolute atomic E-state index is 12.5. The van der Waals surface area contributed by atoms with Crippen molar-refractivity contribution in [2.24, 2.45) is 29.4 Å². The lowest BCUT2D eigenvalue weighted by Crippen LogP contribution is -2.42. The van der Waals surface area contributed by atoms with Gasteiger partial charge in [-0.05, 0) is 63.7 Å². The molecule has 1 heterocycles. The second kappa shape index (κ2) is 7.86. The number of primary amides is 1. The molecule has 1 aromatic rings. The number of urea groups is 1. The summed E-state index contributed by atoms with van der Waals surface area (Å²) in [6.45, 7) is 10.4. The SMILES string of the molecule is Cc1nc(SC(C(=O)NC(N)=O)C(C)C)n(C(C)C2CC3CCC2C3)c1C. The highest BCUT2D eigenvalue weighted by Gasteiger charge is 2.43. The Morgan fingerprint density at radius 3 is 2.44 bits per heavy atom. The van der Waals surface area contributed by atoms with Crippen LogP contribution in [0.1, 0.15) is 63.9 Å². The lowest BCUT2D eigenvalue weighted by Gasteiger charge is -2.31. The zero-order valence-electron chi connectivity index (χ0n) is 17.0. The van der Waals surface area contributed by atoms with Gasteiger partial charge in [0.25, 0.3) is 0 Å². The second-order valence-electron chi connectivity index (χ2n) is 8.65. The maximum atomic E-state index is 12.5. The zero-order chi connectivity index (χ0) is 19.9. The van der Waals surface area contributed by atoms with E-state index in [1.54, 1.807) is 0 Å². The predicted octanol–water partition coefficient (Wildman–Crippen LogP) is 3.81. The third-order valence-corrected chi connectivity index (χ3v) is 8.03. The molecule has 3 rings (SSSR count). The van der Waals surface area contributed by atoms with Crippen molar-refractivity contribution in [1.29, 1.82) is 0 Å². The van der Waals surface area contributed by atoms with Gasteiger partial charge in [-0.15, -0.1) is 0 Å². The lowest BCUT2D eigenvalue weighted by molar-refractivity contribution is -0.120. The number of hydrogen-bond donors (Lipinski definition) is 2. The number of nitrogens with zero attached hydrogens (tertiary/aromatic N) is 2. The summed E-state index contributed by atoms with van der Waals surface area (Å²) in [7, 11) is 0. The number of fused-ring (bicyclic) bond motifs is 2. The molecule has 1 aromatic heterocycles. The van der Waals surface area contributed by atoms with E-state index in [-0.39, 0.29) is 11.8 Å². The first kappa shape index (κ1) is 20.2. The first-order valence-corrected chi connectivity index (χ1v) is 10.9.